The summed E-state index contributed by atoms with van der Waals surface area (Å²) < 4.78 is 2.48. The number of hydrogen-bond acceptors (Lipinski definition) is 6. The molecule has 0 radical (unpaired) electrons. The van der Waals surface area contributed by atoms with E-state index in [0.29, 0.717) is 11.3 Å². The molecule has 0 fully saturated rings. The Morgan fingerprint density at radius 1 is 1.31 bits per heavy atom. The van der Waals surface area contributed by atoms with Crippen LogP contribution in [0.25, 0.3) is 5.52 Å². The molecule has 0 saturated heterocycles. The Morgan fingerprint density at radius 3 is 2.69 bits per heavy atom. The molecule has 0 aliphatic heterocycles. The summed E-state index contributed by atoms with van der Waals surface area (Å²) in [5.41, 5.74) is 0.776. The van der Waals surface area contributed by atoms with Crippen LogP contribution in [0.1, 0.15) is 42.9 Å². The van der Waals surface area contributed by atoms with Crippen molar-refractivity contribution in [3.63, 3.8) is 0 Å². The highest BCUT2D eigenvalue weighted by molar-refractivity contribution is 5.91. The second-order valence-corrected chi connectivity index (χ2v) is 6.17. The molecule has 1 N–H and O–H groups in total. The van der Waals surface area contributed by atoms with Crippen molar-refractivity contribution in [3.05, 3.63) is 52.6 Å². The average Bonchev–Trinajstić information content (AvgIpc) is 3.04. The molecular weight excluding hydrogens is 336 g/mol. The van der Waals surface area contributed by atoms with Crippen LogP contribution in [0.3, 0.4) is 0 Å². The van der Waals surface area contributed by atoms with Crippen molar-refractivity contribution in [3.8, 4) is 0 Å². The van der Waals surface area contributed by atoms with Gasteiger partial charge < -0.3 is 5.32 Å². The molecule has 1 amide bonds. The molecule has 3 aromatic rings. The minimum atomic E-state index is -0.479. The van der Waals surface area contributed by atoms with Crippen LogP contribution in [0.15, 0.2) is 35.6 Å². The molecule has 3 aromatic heterocycles. The van der Waals surface area contributed by atoms with E-state index >= 15 is 0 Å². The molecule has 0 unspecified atom stereocenters. The number of Topliss-reactive ketones (excluding diaryl/α,β-unsaturated/α-hetero) is 1. The normalized spacial score (nSPS) is 11.1. The van der Waals surface area contributed by atoms with Gasteiger partial charge in [-0.3, -0.25) is 18.8 Å². The molecule has 0 saturated carbocycles. The van der Waals surface area contributed by atoms with Crippen LogP contribution in [0.4, 0.5) is 5.82 Å². The third kappa shape index (κ3) is 3.37. The summed E-state index contributed by atoms with van der Waals surface area (Å²) in [6.07, 6.45) is 4.52. The first-order chi connectivity index (χ1) is 12.4. The number of anilines is 1. The van der Waals surface area contributed by atoms with Gasteiger partial charge in [0.1, 0.15) is 24.2 Å². The van der Waals surface area contributed by atoms with Crippen LogP contribution in [-0.2, 0) is 11.3 Å². The number of carbonyl (C=O) groups is 2. The first-order valence-electron chi connectivity index (χ1n) is 8.06. The topological polar surface area (TPSA) is 111 Å². The number of rotatable bonds is 5. The van der Waals surface area contributed by atoms with Crippen molar-refractivity contribution in [2.75, 3.05) is 5.32 Å². The van der Waals surface area contributed by atoms with Crippen molar-refractivity contribution < 1.29 is 9.59 Å². The van der Waals surface area contributed by atoms with E-state index in [4.69, 9.17) is 0 Å². The molecule has 134 valence electrons. The standard InChI is InChI=1S/C17H18N6O3/c1-10(2)12-6-13-17(26)23(21-16(11(3)24)22(13)7-12)8-15(25)20-14-4-5-18-9-19-14/h4-7,9-10H,8H2,1-3H3,(H,18,19,20,25). The number of ketones is 1. The van der Waals surface area contributed by atoms with E-state index in [1.54, 1.807) is 12.3 Å². The minimum Gasteiger partial charge on any atom is -0.309 e. The molecule has 9 heteroatoms. The maximum Gasteiger partial charge on any atom is 0.291 e. The Bertz CT molecular complexity index is 1040. The lowest BCUT2D eigenvalue weighted by Gasteiger charge is -2.09. The Kier molecular flexibility index (Phi) is 4.61. The summed E-state index contributed by atoms with van der Waals surface area (Å²) in [7, 11) is 0. The van der Waals surface area contributed by atoms with Crippen LogP contribution >= 0.6 is 0 Å². The summed E-state index contributed by atoms with van der Waals surface area (Å²) in [4.78, 5) is 44.5. The number of fused-ring (bicyclic) bond motifs is 1. The van der Waals surface area contributed by atoms with Gasteiger partial charge in [0.25, 0.3) is 5.56 Å². The minimum absolute atomic E-state index is 0.0985. The van der Waals surface area contributed by atoms with Crippen molar-refractivity contribution >= 4 is 23.0 Å². The van der Waals surface area contributed by atoms with E-state index in [-0.39, 0.29) is 24.1 Å². The summed E-state index contributed by atoms with van der Waals surface area (Å²) in [5.74, 6) is -0.181. The van der Waals surface area contributed by atoms with E-state index in [9.17, 15) is 14.4 Å². The maximum absolute atomic E-state index is 12.7. The molecule has 0 spiro atoms. The van der Waals surface area contributed by atoms with Gasteiger partial charge in [-0.2, -0.15) is 0 Å². The van der Waals surface area contributed by atoms with Crippen molar-refractivity contribution in [2.45, 2.75) is 33.2 Å². The molecule has 3 rings (SSSR count). The van der Waals surface area contributed by atoms with E-state index < -0.39 is 11.5 Å². The second kappa shape index (κ2) is 6.87. The van der Waals surface area contributed by atoms with Gasteiger partial charge in [0.05, 0.1) is 0 Å². The SMILES string of the molecule is CC(=O)c1nn(CC(=O)Nc2ccncn2)c(=O)c2cc(C(C)C)cn12. The number of aromatic nitrogens is 5. The lowest BCUT2D eigenvalue weighted by molar-refractivity contribution is -0.117. The molecule has 3 heterocycles. The van der Waals surface area contributed by atoms with Gasteiger partial charge in [0.2, 0.25) is 11.7 Å². The Labute approximate surface area is 148 Å². The van der Waals surface area contributed by atoms with Gasteiger partial charge in [0, 0.05) is 19.3 Å². The highest BCUT2D eigenvalue weighted by Crippen LogP contribution is 2.17. The van der Waals surface area contributed by atoms with Crippen molar-refractivity contribution in [2.24, 2.45) is 0 Å². The van der Waals surface area contributed by atoms with Crippen LogP contribution in [0.2, 0.25) is 0 Å². The zero-order chi connectivity index (χ0) is 18.8. The summed E-state index contributed by atoms with van der Waals surface area (Å²) in [6.45, 7) is 5.01. The predicted octanol–water partition coefficient (Wildman–Crippen LogP) is 1.25. The monoisotopic (exact) mass is 354 g/mol. The molecule has 9 nitrogen and oxygen atoms in total. The van der Waals surface area contributed by atoms with Gasteiger partial charge in [0.15, 0.2) is 5.78 Å². The largest absolute Gasteiger partial charge is 0.309 e. The summed E-state index contributed by atoms with van der Waals surface area (Å²) >= 11 is 0. The van der Waals surface area contributed by atoms with Crippen LogP contribution in [0.5, 0.6) is 0 Å². The number of nitrogens with one attached hydrogen (secondary N) is 1. The zero-order valence-electron chi connectivity index (χ0n) is 14.6. The number of amides is 1. The van der Waals surface area contributed by atoms with E-state index in [1.807, 2.05) is 13.8 Å². The molecule has 0 aliphatic carbocycles. The quantitative estimate of drug-likeness (QED) is 0.690. The van der Waals surface area contributed by atoms with Crippen LogP contribution in [0, 0.1) is 0 Å². The number of hydrogen-bond donors (Lipinski definition) is 1. The first-order valence-corrected chi connectivity index (χ1v) is 8.06. The Morgan fingerprint density at radius 2 is 2.08 bits per heavy atom. The van der Waals surface area contributed by atoms with Crippen LogP contribution < -0.4 is 10.9 Å². The maximum atomic E-state index is 12.7. The van der Waals surface area contributed by atoms with E-state index in [1.165, 1.54) is 29.9 Å². The van der Waals surface area contributed by atoms with Gasteiger partial charge in [-0.05, 0) is 23.6 Å². The summed E-state index contributed by atoms with van der Waals surface area (Å²) in [5, 5.41) is 6.63. The van der Waals surface area contributed by atoms with Gasteiger partial charge in [-0.25, -0.2) is 14.6 Å². The predicted molar refractivity (Wildman–Crippen MR) is 94.2 cm³/mol. The lowest BCUT2D eigenvalue weighted by Crippen LogP contribution is -2.32. The molecule has 0 aromatic carbocycles. The fraction of sp³-hybridized carbons (Fsp3) is 0.294. The van der Waals surface area contributed by atoms with Crippen LogP contribution in [-0.4, -0.2) is 35.8 Å². The zero-order valence-corrected chi connectivity index (χ0v) is 14.6. The van der Waals surface area contributed by atoms with Gasteiger partial charge >= 0.3 is 0 Å². The first kappa shape index (κ1) is 17.5. The highest BCUT2D eigenvalue weighted by Gasteiger charge is 2.18. The third-order valence-corrected chi connectivity index (χ3v) is 3.86. The number of nitrogens with zero attached hydrogens (tertiary/aromatic N) is 5. The van der Waals surface area contributed by atoms with E-state index in [2.05, 4.69) is 20.4 Å². The highest BCUT2D eigenvalue weighted by atomic mass is 16.2. The molecule has 0 aliphatic rings. The van der Waals surface area contributed by atoms with Crippen molar-refractivity contribution in [1.29, 1.82) is 0 Å². The third-order valence-electron chi connectivity index (χ3n) is 3.86. The fourth-order valence-electron chi connectivity index (χ4n) is 2.51. The van der Waals surface area contributed by atoms with Crippen molar-refractivity contribution in [1.82, 2.24) is 24.1 Å². The Hall–Kier alpha value is -3.36. The molecule has 0 atom stereocenters. The lowest BCUT2D eigenvalue weighted by atomic mass is 10.1. The second-order valence-electron chi connectivity index (χ2n) is 6.17. The number of carbonyl (C=O) groups excluding carboxylic acids is 2. The summed E-state index contributed by atoms with van der Waals surface area (Å²) in [6, 6.07) is 3.25. The molecular formula is C17H18N6O3. The molecule has 0 bridgehead atoms. The van der Waals surface area contributed by atoms with Gasteiger partial charge in [-0.15, -0.1) is 5.10 Å². The molecule has 26 heavy (non-hydrogen) atoms. The smallest absolute Gasteiger partial charge is 0.291 e. The Balaban J connectivity index is 2.00. The van der Waals surface area contributed by atoms with E-state index in [0.717, 1.165) is 10.2 Å². The average molecular weight is 354 g/mol. The van der Waals surface area contributed by atoms with Gasteiger partial charge in [-0.1, -0.05) is 13.8 Å². The fourth-order valence-corrected chi connectivity index (χ4v) is 2.51.